The second-order valence-corrected chi connectivity index (χ2v) is 7.51. The summed E-state index contributed by atoms with van der Waals surface area (Å²) < 4.78 is 7.03. The second-order valence-electron chi connectivity index (χ2n) is 7.51. The van der Waals surface area contributed by atoms with E-state index >= 15 is 0 Å². The lowest BCUT2D eigenvalue weighted by molar-refractivity contribution is 0.0706. The van der Waals surface area contributed by atoms with Crippen molar-refractivity contribution in [1.29, 1.82) is 0 Å². The van der Waals surface area contributed by atoms with Gasteiger partial charge in [-0.05, 0) is 25.8 Å². The molecule has 4 rings (SSSR count). The summed E-state index contributed by atoms with van der Waals surface area (Å²) in [5.41, 5.74) is 3.26. The van der Waals surface area contributed by atoms with Crippen LogP contribution < -0.4 is 10.1 Å². The van der Waals surface area contributed by atoms with Crippen molar-refractivity contribution in [2.45, 2.75) is 51.7 Å². The van der Waals surface area contributed by atoms with Gasteiger partial charge in [-0.25, -0.2) is 4.98 Å². The summed E-state index contributed by atoms with van der Waals surface area (Å²) in [5.74, 6) is 0.267. The highest BCUT2D eigenvalue weighted by atomic mass is 16.5. The smallest absolute Gasteiger partial charge is 0.256 e. The number of hydrogen-bond acceptors (Lipinski definition) is 5. The Labute approximate surface area is 163 Å². The molecule has 3 heterocycles. The summed E-state index contributed by atoms with van der Waals surface area (Å²) in [7, 11) is 3.33. The van der Waals surface area contributed by atoms with Crippen molar-refractivity contribution in [1.82, 2.24) is 25.0 Å². The highest BCUT2D eigenvalue weighted by molar-refractivity contribution is 5.98. The number of carbonyl (C=O) groups is 2. The molecule has 148 valence electrons. The molecule has 0 bridgehead atoms. The van der Waals surface area contributed by atoms with E-state index in [4.69, 9.17) is 4.74 Å². The Kier molecular flexibility index (Phi) is 4.78. The van der Waals surface area contributed by atoms with Gasteiger partial charge < -0.3 is 15.0 Å². The van der Waals surface area contributed by atoms with Crippen molar-refractivity contribution >= 4 is 11.8 Å². The lowest BCUT2D eigenvalue weighted by Crippen LogP contribution is -2.33. The fraction of sp³-hybridized carbons (Fsp3) is 0.500. The molecule has 2 amide bonds. The number of carbonyl (C=O) groups excluding carboxylic acids is 2. The maximum atomic E-state index is 12.9. The number of nitrogens with one attached hydrogen (secondary N) is 1. The van der Waals surface area contributed by atoms with E-state index in [0.717, 1.165) is 18.5 Å². The topological polar surface area (TPSA) is 89.3 Å². The van der Waals surface area contributed by atoms with Crippen LogP contribution in [0.5, 0.6) is 5.88 Å². The van der Waals surface area contributed by atoms with Gasteiger partial charge in [0.05, 0.1) is 36.2 Å². The number of methoxy groups -OCH3 is 1. The summed E-state index contributed by atoms with van der Waals surface area (Å²) in [6.07, 6.45) is 6.15. The van der Waals surface area contributed by atoms with E-state index in [1.807, 2.05) is 11.0 Å². The lowest BCUT2D eigenvalue weighted by atomic mass is 10.1. The molecule has 2 aromatic rings. The van der Waals surface area contributed by atoms with Crippen molar-refractivity contribution < 1.29 is 14.3 Å². The average Bonchev–Trinajstić information content (AvgIpc) is 3.39. The van der Waals surface area contributed by atoms with E-state index in [1.165, 1.54) is 12.8 Å². The zero-order valence-corrected chi connectivity index (χ0v) is 16.5. The molecule has 0 radical (unpaired) electrons. The van der Waals surface area contributed by atoms with Crippen molar-refractivity contribution in [3.05, 3.63) is 40.3 Å². The normalized spacial score (nSPS) is 16.5. The van der Waals surface area contributed by atoms with Crippen LogP contribution in [0.3, 0.4) is 0 Å². The Balaban J connectivity index is 1.53. The minimum absolute atomic E-state index is 0.0349. The van der Waals surface area contributed by atoms with Crippen LogP contribution in [-0.2, 0) is 20.1 Å². The molecule has 1 N–H and O–H groups in total. The van der Waals surface area contributed by atoms with Crippen LogP contribution in [0.1, 0.15) is 63.4 Å². The zero-order chi connectivity index (χ0) is 19.8. The summed E-state index contributed by atoms with van der Waals surface area (Å²) in [4.78, 5) is 31.9. The first-order valence-corrected chi connectivity index (χ1v) is 9.64. The number of rotatable bonds is 5. The molecule has 8 nitrogen and oxygen atoms in total. The Morgan fingerprint density at radius 1 is 1.36 bits per heavy atom. The molecule has 2 aliphatic rings. The third-order valence-electron chi connectivity index (χ3n) is 5.61. The third kappa shape index (κ3) is 3.23. The molecule has 0 unspecified atom stereocenters. The molecule has 0 atom stereocenters. The van der Waals surface area contributed by atoms with Gasteiger partial charge in [0.25, 0.3) is 11.8 Å². The largest absolute Gasteiger partial charge is 0.481 e. The molecule has 0 aromatic carbocycles. The van der Waals surface area contributed by atoms with Crippen molar-refractivity contribution in [2.75, 3.05) is 7.11 Å². The van der Waals surface area contributed by atoms with Gasteiger partial charge in [-0.1, -0.05) is 12.8 Å². The number of ether oxygens (including phenoxy) is 1. The molecule has 1 aliphatic heterocycles. The minimum atomic E-state index is -0.216. The molecule has 0 saturated heterocycles. The number of nitrogens with zero attached hydrogens (tertiary/aromatic N) is 4. The molecule has 1 fully saturated rings. The maximum Gasteiger partial charge on any atom is 0.256 e. The molecule has 28 heavy (non-hydrogen) atoms. The monoisotopic (exact) mass is 383 g/mol. The van der Waals surface area contributed by atoms with Gasteiger partial charge in [-0.3, -0.25) is 14.3 Å². The molecule has 1 saturated carbocycles. The van der Waals surface area contributed by atoms with Gasteiger partial charge in [0.15, 0.2) is 0 Å². The van der Waals surface area contributed by atoms with Crippen molar-refractivity contribution in [3.8, 4) is 5.88 Å². The third-order valence-corrected chi connectivity index (χ3v) is 5.61. The fourth-order valence-corrected chi connectivity index (χ4v) is 4.17. The lowest BCUT2D eigenvalue weighted by Gasteiger charge is -2.22. The number of pyridine rings is 1. The first-order valence-electron chi connectivity index (χ1n) is 9.64. The van der Waals surface area contributed by atoms with Crippen LogP contribution in [0.15, 0.2) is 12.3 Å². The summed E-state index contributed by atoms with van der Waals surface area (Å²) in [6.45, 7) is 2.56. The standard InChI is InChI=1S/C20H25N5O3/c1-12-16(10-24(2)23-12)18(26)21-9-13-8-15-17(22-19(13)28-3)11-25(20(15)27)14-6-4-5-7-14/h8,10,14H,4-7,9,11H2,1-3H3,(H,21,26). The molecule has 1 aliphatic carbocycles. The van der Waals surface area contributed by atoms with Crippen molar-refractivity contribution in [2.24, 2.45) is 7.05 Å². The highest BCUT2D eigenvalue weighted by Crippen LogP contribution is 2.33. The minimum Gasteiger partial charge on any atom is -0.481 e. The molecular weight excluding hydrogens is 358 g/mol. The molecule has 0 spiro atoms. The van der Waals surface area contributed by atoms with Crippen LogP contribution in [0.2, 0.25) is 0 Å². The highest BCUT2D eigenvalue weighted by Gasteiger charge is 2.36. The SMILES string of the molecule is COc1nc2c(cc1CNC(=O)c1cn(C)nc1C)C(=O)N(C1CCCC1)C2. The maximum absolute atomic E-state index is 12.9. The Hall–Kier alpha value is -2.90. The Morgan fingerprint density at radius 3 is 2.75 bits per heavy atom. The first kappa shape index (κ1) is 18.5. The van der Waals surface area contributed by atoms with E-state index in [-0.39, 0.29) is 18.4 Å². The van der Waals surface area contributed by atoms with Crippen LogP contribution in [0.25, 0.3) is 0 Å². The Bertz CT molecular complexity index is 930. The fourth-order valence-electron chi connectivity index (χ4n) is 4.17. The number of aromatic nitrogens is 3. The average molecular weight is 383 g/mol. The van der Waals surface area contributed by atoms with E-state index in [2.05, 4.69) is 15.4 Å². The van der Waals surface area contributed by atoms with Crippen LogP contribution in [0.4, 0.5) is 0 Å². The van der Waals surface area contributed by atoms with Gasteiger partial charge >= 0.3 is 0 Å². The first-order chi connectivity index (χ1) is 13.5. The zero-order valence-electron chi connectivity index (χ0n) is 16.5. The van der Waals surface area contributed by atoms with E-state index in [9.17, 15) is 9.59 Å². The summed E-state index contributed by atoms with van der Waals surface area (Å²) >= 11 is 0. The van der Waals surface area contributed by atoms with E-state index in [0.29, 0.717) is 40.9 Å². The van der Waals surface area contributed by atoms with E-state index in [1.54, 1.807) is 32.0 Å². The number of amides is 2. The van der Waals surface area contributed by atoms with Crippen LogP contribution >= 0.6 is 0 Å². The Morgan fingerprint density at radius 2 is 2.11 bits per heavy atom. The predicted octanol–water partition coefficient (Wildman–Crippen LogP) is 1.96. The quantitative estimate of drug-likeness (QED) is 0.853. The molecule has 8 heteroatoms. The number of fused-ring (bicyclic) bond motifs is 1. The number of hydrogen-bond donors (Lipinski definition) is 1. The van der Waals surface area contributed by atoms with Crippen LogP contribution in [0, 0.1) is 6.92 Å². The summed E-state index contributed by atoms with van der Waals surface area (Å²) in [5, 5.41) is 7.07. The van der Waals surface area contributed by atoms with Gasteiger partial charge in [0, 0.05) is 31.4 Å². The molecule has 2 aromatic heterocycles. The van der Waals surface area contributed by atoms with Gasteiger partial charge in [-0.2, -0.15) is 5.10 Å². The van der Waals surface area contributed by atoms with Gasteiger partial charge in [0.1, 0.15) is 0 Å². The van der Waals surface area contributed by atoms with Crippen LogP contribution in [-0.4, -0.2) is 44.6 Å². The summed E-state index contributed by atoms with van der Waals surface area (Å²) in [6, 6.07) is 2.12. The van der Waals surface area contributed by atoms with Crippen molar-refractivity contribution in [3.63, 3.8) is 0 Å². The molecular formula is C20H25N5O3. The van der Waals surface area contributed by atoms with E-state index < -0.39 is 0 Å². The van der Waals surface area contributed by atoms with Gasteiger partial charge in [-0.15, -0.1) is 0 Å². The van der Waals surface area contributed by atoms with Gasteiger partial charge in [0.2, 0.25) is 5.88 Å². The predicted molar refractivity (Wildman–Crippen MR) is 102 cm³/mol. The second kappa shape index (κ2) is 7.26. The number of aryl methyl sites for hydroxylation is 2.